The maximum absolute atomic E-state index is 12.4. The maximum Gasteiger partial charge on any atom is 0.226 e. The Hall–Kier alpha value is -1.43. The molecule has 1 unspecified atom stereocenters. The normalized spacial score (nSPS) is 23.7. The van der Waals surface area contributed by atoms with E-state index in [4.69, 9.17) is 0 Å². The van der Waals surface area contributed by atoms with Crippen LogP contribution < -0.4 is 4.90 Å². The Kier molecular flexibility index (Phi) is 3.77. The van der Waals surface area contributed by atoms with E-state index in [1.165, 1.54) is 11.7 Å². The standard InChI is InChI=1S/C13H18N4OS/c18-13(11-4-2-1-3-5-11)17-8-6-16(7-9-17)12-10-14-19-15-12/h1-2,10-11H,3-9H2. The average molecular weight is 278 g/mol. The first-order valence-electron chi connectivity index (χ1n) is 6.81. The van der Waals surface area contributed by atoms with Gasteiger partial charge < -0.3 is 9.80 Å². The third kappa shape index (κ3) is 2.78. The predicted molar refractivity (Wildman–Crippen MR) is 75.2 cm³/mol. The molecule has 2 heterocycles. The summed E-state index contributed by atoms with van der Waals surface area (Å²) in [5.41, 5.74) is 0. The summed E-state index contributed by atoms with van der Waals surface area (Å²) >= 11 is 1.23. The van der Waals surface area contributed by atoms with Crippen molar-refractivity contribution in [3.63, 3.8) is 0 Å². The minimum absolute atomic E-state index is 0.206. The number of allylic oxidation sites excluding steroid dienone is 2. The minimum atomic E-state index is 0.206. The van der Waals surface area contributed by atoms with Crippen molar-refractivity contribution in [2.45, 2.75) is 19.3 Å². The Morgan fingerprint density at radius 2 is 2.11 bits per heavy atom. The lowest BCUT2D eigenvalue weighted by Gasteiger charge is -2.36. The minimum Gasteiger partial charge on any atom is -0.351 e. The molecule has 3 rings (SSSR count). The van der Waals surface area contributed by atoms with E-state index in [9.17, 15) is 4.79 Å². The lowest BCUT2D eigenvalue weighted by Crippen LogP contribution is -2.50. The molecule has 1 aliphatic carbocycles. The first-order valence-corrected chi connectivity index (χ1v) is 7.54. The van der Waals surface area contributed by atoms with Crippen LogP contribution in [0.1, 0.15) is 19.3 Å². The van der Waals surface area contributed by atoms with Crippen LogP contribution in [0, 0.1) is 5.92 Å². The van der Waals surface area contributed by atoms with E-state index in [2.05, 4.69) is 25.8 Å². The number of aromatic nitrogens is 2. The van der Waals surface area contributed by atoms with E-state index in [0.29, 0.717) is 5.91 Å². The Balaban J connectivity index is 1.55. The van der Waals surface area contributed by atoms with E-state index in [-0.39, 0.29) is 5.92 Å². The first kappa shape index (κ1) is 12.6. The third-order valence-electron chi connectivity index (χ3n) is 3.88. The molecule has 102 valence electrons. The van der Waals surface area contributed by atoms with Gasteiger partial charge in [0.15, 0.2) is 5.82 Å². The van der Waals surface area contributed by atoms with Crippen molar-refractivity contribution in [2.24, 2.45) is 5.92 Å². The van der Waals surface area contributed by atoms with Gasteiger partial charge in [-0.2, -0.15) is 8.75 Å². The highest BCUT2D eigenvalue weighted by molar-refractivity contribution is 6.99. The summed E-state index contributed by atoms with van der Waals surface area (Å²) in [6, 6.07) is 0. The molecule has 0 bridgehead atoms. The Morgan fingerprint density at radius 1 is 1.26 bits per heavy atom. The molecule has 0 saturated carbocycles. The van der Waals surface area contributed by atoms with Gasteiger partial charge in [0.2, 0.25) is 5.91 Å². The van der Waals surface area contributed by atoms with E-state index in [0.717, 1.165) is 51.3 Å². The smallest absolute Gasteiger partial charge is 0.226 e. The summed E-state index contributed by atoms with van der Waals surface area (Å²) in [6.07, 6.45) is 9.08. The molecule has 1 aliphatic heterocycles. The van der Waals surface area contributed by atoms with E-state index < -0.39 is 0 Å². The van der Waals surface area contributed by atoms with Gasteiger partial charge in [-0.25, -0.2) is 0 Å². The van der Waals surface area contributed by atoms with Crippen LogP contribution in [0.25, 0.3) is 0 Å². The summed E-state index contributed by atoms with van der Waals surface area (Å²) in [4.78, 5) is 16.6. The molecule has 0 N–H and O–H groups in total. The van der Waals surface area contributed by atoms with Crippen LogP contribution in [-0.2, 0) is 4.79 Å². The summed E-state index contributed by atoms with van der Waals surface area (Å²) in [6.45, 7) is 3.33. The molecular weight excluding hydrogens is 260 g/mol. The maximum atomic E-state index is 12.4. The SMILES string of the molecule is O=C(C1CC=CCC1)N1CCN(c2cnsn2)CC1. The topological polar surface area (TPSA) is 49.3 Å². The molecule has 1 amide bonds. The summed E-state index contributed by atoms with van der Waals surface area (Å²) in [5.74, 6) is 1.48. The number of hydrogen-bond acceptors (Lipinski definition) is 5. The molecule has 0 aromatic carbocycles. The van der Waals surface area contributed by atoms with E-state index in [1.54, 1.807) is 6.20 Å². The van der Waals surface area contributed by atoms with Crippen molar-refractivity contribution in [2.75, 3.05) is 31.1 Å². The molecule has 1 aromatic heterocycles. The summed E-state index contributed by atoms with van der Waals surface area (Å²) < 4.78 is 8.27. The van der Waals surface area contributed by atoms with Crippen molar-refractivity contribution in [3.8, 4) is 0 Å². The van der Waals surface area contributed by atoms with Crippen molar-refractivity contribution in [1.82, 2.24) is 13.6 Å². The molecule has 2 aliphatic rings. The van der Waals surface area contributed by atoms with Gasteiger partial charge in [-0.15, -0.1) is 0 Å². The molecule has 1 aromatic rings. The Labute approximate surface area is 117 Å². The second-order valence-corrected chi connectivity index (χ2v) is 5.62. The number of hydrogen-bond donors (Lipinski definition) is 0. The number of piperazine rings is 1. The van der Waals surface area contributed by atoms with Crippen molar-refractivity contribution < 1.29 is 4.79 Å². The van der Waals surface area contributed by atoms with E-state index in [1.807, 2.05) is 4.90 Å². The van der Waals surface area contributed by atoms with Crippen LogP contribution in [0.15, 0.2) is 18.3 Å². The van der Waals surface area contributed by atoms with Crippen molar-refractivity contribution in [1.29, 1.82) is 0 Å². The fourth-order valence-electron chi connectivity index (χ4n) is 2.73. The quantitative estimate of drug-likeness (QED) is 0.770. The third-order valence-corrected chi connectivity index (χ3v) is 4.35. The number of nitrogens with zero attached hydrogens (tertiary/aromatic N) is 4. The first-order chi connectivity index (χ1) is 9.34. The summed E-state index contributed by atoms with van der Waals surface area (Å²) in [5, 5.41) is 0. The number of carbonyl (C=O) groups is 1. The number of amides is 1. The zero-order valence-corrected chi connectivity index (χ0v) is 11.7. The monoisotopic (exact) mass is 278 g/mol. The molecule has 0 spiro atoms. The fraction of sp³-hybridized carbons (Fsp3) is 0.615. The highest BCUT2D eigenvalue weighted by atomic mass is 32.1. The largest absolute Gasteiger partial charge is 0.351 e. The highest BCUT2D eigenvalue weighted by Gasteiger charge is 2.27. The number of carbonyl (C=O) groups excluding carboxylic acids is 1. The van der Waals surface area contributed by atoms with Crippen LogP contribution in [0.5, 0.6) is 0 Å². The second kappa shape index (κ2) is 5.69. The van der Waals surface area contributed by atoms with Crippen LogP contribution in [0.4, 0.5) is 5.82 Å². The number of anilines is 1. The lowest BCUT2D eigenvalue weighted by molar-refractivity contribution is -0.136. The molecular formula is C13H18N4OS. The lowest BCUT2D eigenvalue weighted by atomic mass is 9.93. The summed E-state index contributed by atoms with van der Waals surface area (Å²) in [7, 11) is 0. The predicted octanol–water partition coefficient (Wildman–Crippen LogP) is 1.54. The van der Waals surface area contributed by atoms with Gasteiger partial charge in [-0.3, -0.25) is 4.79 Å². The second-order valence-electron chi connectivity index (χ2n) is 5.06. The van der Waals surface area contributed by atoms with Gasteiger partial charge in [0, 0.05) is 32.1 Å². The highest BCUT2D eigenvalue weighted by Crippen LogP contribution is 2.22. The molecule has 1 fully saturated rings. The van der Waals surface area contributed by atoms with E-state index >= 15 is 0 Å². The molecule has 1 saturated heterocycles. The van der Waals surface area contributed by atoms with Gasteiger partial charge in [0.25, 0.3) is 0 Å². The molecule has 6 heteroatoms. The Bertz CT molecular complexity index is 451. The zero-order chi connectivity index (χ0) is 13.1. The van der Waals surface area contributed by atoms with Crippen LogP contribution in [0.3, 0.4) is 0 Å². The zero-order valence-electron chi connectivity index (χ0n) is 10.9. The van der Waals surface area contributed by atoms with Gasteiger partial charge >= 0.3 is 0 Å². The Morgan fingerprint density at radius 3 is 2.74 bits per heavy atom. The number of rotatable bonds is 2. The van der Waals surface area contributed by atoms with Gasteiger partial charge in [-0.1, -0.05) is 12.2 Å². The van der Waals surface area contributed by atoms with Crippen molar-refractivity contribution >= 4 is 23.5 Å². The molecule has 19 heavy (non-hydrogen) atoms. The molecule has 0 radical (unpaired) electrons. The van der Waals surface area contributed by atoms with Crippen LogP contribution in [-0.4, -0.2) is 45.7 Å². The van der Waals surface area contributed by atoms with Gasteiger partial charge in [-0.05, 0) is 19.3 Å². The van der Waals surface area contributed by atoms with Gasteiger partial charge in [0.1, 0.15) is 0 Å². The fourth-order valence-corrected chi connectivity index (χ4v) is 3.17. The molecule has 1 atom stereocenters. The van der Waals surface area contributed by atoms with Crippen LogP contribution in [0.2, 0.25) is 0 Å². The van der Waals surface area contributed by atoms with Crippen LogP contribution >= 0.6 is 11.7 Å². The average Bonchev–Trinajstić information content (AvgIpc) is 3.02. The molecule has 5 nitrogen and oxygen atoms in total. The van der Waals surface area contributed by atoms with Crippen molar-refractivity contribution in [3.05, 3.63) is 18.3 Å². The van der Waals surface area contributed by atoms with Gasteiger partial charge in [0.05, 0.1) is 17.9 Å².